The van der Waals surface area contributed by atoms with Crippen LogP contribution in [0.4, 0.5) is 0 Å². The summed E-state index contributed by atoms with van der Waals surface area (Å²) in [6.45, 7) is 7.60. The molecule has 62 heavy (non-hydrogen) atoms. The number of hydrogen-bond donors (Lipinski definition) is 0. The van der Waals surface area contributed by atoms with Gasteiger partial charge in [0.05, 0.1) is 6.61 Å². The van der Waals surface area contributed by atoms with Crippen LogP contribution in [0.3, 0.4) is 0 Å². The highest BCUT2D eigenvalue weighted by Gasteiger charge is 2.17. The summed E-state index contributed by atoms with van der Waals surface area (Å²) in [6, 6.07) is 0. The number of rotatable bonds is 48. The van der Waals surface area contributed by atoms with Crippen LogP contribution < -0.4 is 0 Å². The molecule has 1 unspecified atom stereocenters. The standard InChI is InChI=1S/C57H100O5/c1-4-7-10-13-16-19-22-25-28-29-31-32-35-38-41-44-47-50-56(58)61-54-55(53-60-52-49-46-43-40-37-34-27-24-21-18-15-12-9-6-3)62-57(59)51-48-45-42-39-36-33-30-26-23-20-17-14-11-8-5-2/h7-8,10-11,16-17,19-20,25-26,28,30,55H,4-6,9,12-15,18,21-24,27,29,31-54H2,1-3H3/b10-7-,11-8-,19-16-,20-17-,28-25-,30-26-. The number of esters is 2. The molecule has 0 radical (unpaired) electrons. The predicted octanol–water partition coefficient (Wildman–Crippen LogP) is 17.9. The molecule has 5 nitrogen and oxygen atoms in total. The fourth-order valence-corrected chi connectivity index (χ4v) is 7.36. The fraction of sp³-hybridized carbons (Fsp3) is 0.754. The number of carbonyl (C=O) groups excluding carboxylic acids is 2. The van der Waals surface area contributed by atoms with E-state index in [4.69, 9.17) is 14.2 Å². The third-order valence-corrected chi connectivity index (χ3v) is 11.2. The molecule has 0 aliphatic carbocycles. The Hall–Kier alpha value is -2.66. The van der Waals surface area contributed by atoms with Crippen molar-refractivity contribution >= 4 is 11.9 Å². The third kappa shape index (κ3) is 50.0. The lowest BCUT2D eigenvalue weighted by molar-refractivity contribution is -0.163. The van der Waals surface area contributed by atoms with Crippen molar-refractivity contribution in [3.05, 3.63) is 72.9 Å². The van der Waals surface area contributed by atoms with Crippen molar-refractivity contribution in [3.8, 4) is 0 Å². The van der Waals surface area contributed by atoms with Crippen LogP contribution in [0.2, 0.25) is 0 Å². The smallest absolute Gasteiger partial charge is 0.306 e. The van der Waals surface area contributed by atoms with Gasteiger partial charge in [-0.25, -0.2) is 0 Å². The highest BCUT2D eigenvalue weighted by atomic mass is 16.6. The van der Waals surface area contributed by atoms with Gasteiger partial charge in [-0.15, -0.1) is 0 Å². The van der Waals surface area contributed by atoms with Crippen LogP contribution in [-0.2, 0) is 23.8 Å². The molecule has 358 valence electrons. The molecule has 0 aliphatic heterocycles. The van der Waals surface area contributed by atoms with Crippen molar-refractivity contribution in [2.24, 2.45) is 0 Å². The number of carbonyl (C=O) groups is 2. The average Bonchev–Trinajstić information content (AvgIpc) is 3.27. The first-order valence-corrected chi connectivity index (χ1v) is 26.5. The topological polar surface area (TPSA) is 61.8 Å². The molecule has 0 saturated heterocycles. The minimum absolute atomic E-state index is 0.0730. The van der Waals surface area contributed by atoms with Gasteiger partial charge in [0.15, 0.2) is 6.10 Å². The first-order chi connectivity index (χ1) is 30.6. The summed E-state index contributed by atoms with van der Waals surface area (Å²) >= 11 is 0. The van der Waals surface area contributed by atoms with Crippen LogP contribution in [0.25, 0.3) is 0 Å². The van der Waals surface area contributed by atoms with Crippen molar-refractivity contribution in [2.45, 2.75) is 258 Å². The van der Waals surface area contributed by atoms with E-state index in [9.17, 15) is 9.59 Å². The van der Waals surface area contributed by atoms with Gasteiger partial charge < -0.3 is 14.2 Å². The SMILES string of the molecule is CC/C=C\C/C=C\C/C=C\CCCCCCCCCC(=O)OCC(COCCCCCCCCCCCCCCCC)OC(=O)CCCCCCC/C=C\C/C=C\C/C=C\CC. The highest BCUT2D eigenvalue weighted by molar-refractivity contribution is 5.70. The largest absolute Gasteiger partial charge is 0.462 e. The van der Waals surface area contributed by atoms with Crippen LogP contribution in [0, 0.1) is 0 Å². The zero-order valence-electron chi connectivity index (χ0n) is 41.1. The summed E-state index contributed by atoms with van der Waals surface area (Å²) in [7, 11) is 0. The first kappa shape index (κ1) is 59.3. The summed E-state index contributed by atoms with van der Waals surface area (Å²) in [5, 5.41) is 0. The summed E-state index contributed by atoms with van der Waals surface area (Å²) in [4.78, 5) is 25.4. The molecule has 0 heterocycles. The Balaban J connectivity index is 4.30. The molecule has 0 saturated carbocycles. The lowest BCUT2D eigenvalue weighted by atomic mass is 10.0. The molecule has 1 atom stereocenters. The molecule has 0 spiro atoms. The van der Waals surface area contributed by atoms with Crippen molar-refractivity contribution in [1.82, 2.24) is 0 Å². The number of unbranched alkanes of at least 4 members (excludes halogenated alkanes) is 25. The van der Waals surface area contributed by atoms with Crippen molar-refractivity contribution in [2.75, 3.05) is 19.8 Å². The van der Waals surface area contributed by atoms with Crippen molar-refractivity contribution in [3.63, 3.8) is 0 Å². The molecular formula is C57H100O5. The van der Waals surface area contributed by atoms with Gasteiger partial charge in [-0.05, 0) is 83.5 Å². The molecule has 0 amide bonds. The average molecular weight is 865 g/mol. The first-order valence-electron chi connectivity index (χ1n) is 26.5. The van der Waals surface area contributed by atoms with E-state index >= 15 is 0 Å². The van der Waals surface area contributed by atoms with E-state index < -0.39 is 6.10 Å². The molecular weight excluding hydrogens is 765 g/mol. The Morgan fingerprint density at radius 3 is 1.16 bits per heavy atom. The lowest BCUT2D eigenvalue weighted by Gasteiger charge is -2.18. The zero-order chi connectivity index (χ0) is 44.9. The van der Waals surface area contributed by atoms with E-state index in [2.05, 4.69) is 93.7 Å². The summed E-state index contributed by atoms with van der Waals surface area (Å²) in [5.41, 5.74) is 0. The molecule has 0 fully saturated rings. The molecule has 0 aromatic carbocycles. The van der Waals surface area contributed by atoms with Gasteiger partial charge >= 0.3 is 11.9 Å². The van der Waals surface area contributed by atoms with Crippen LogP contribution >= 0.6 is 0 Å². The predicted molar refractivity (Wildman–Crippen MR) is 270 cm³/mol. The molecule has 0 aromatic heterocycles. The molecule has 0 aromatic rings. The maximum absolute atomic E-state index is 12.8. The van der Waals surface area contributed by atoms with Crippen LogP contribution in [0.5, 0.6) is 0 Å². The summed E-state index contributed by atoms with van der Waals surface area (Å²) in [5.74, 6) is -0.422. The van der Waals surface area contributed by atoms with Gasteiger partial charge in [-0.3, -0.25) is 9.59 Å². The second-order valence-corrected chi connectivity index (χ2v) is 17.4. The van der Waals surface area contributed by atoms with Gasteiger partial charge in [0.2, 0.25) is 0 Å². The van der Waals surface area contributed by atoms with Crippen LogP contribution in [0.1, 0.15) is 252 Å². The Kier molecular flexibility index (Phi) is 50.4. The number of allylic oxidation sites excluding steroid dienone is 12. The normalized spacial score (nSPS) is 12.8. The Morgan fingerprint density at radius 1 is 0.371 bits per heavy atom. The second kappa shape index (κ2) is 52.7. The Labute approximate surface area is 385 Å². The van der Waals surface area contributed by atoms with Gasteiger partial charge in [-0.2, -0.15) is 0 Å². The van der Waals surface area contributed by atoms with Gasteiger partial charge in [0, 0.05) is 19.4 Å². The van der Waals surface area contributed by atoms with Crippen molar-refractivity contribution < 1.29 is 23.8 Å². The summed E-state index contributed by atoms with van der Waals surface area (Å²) < 4.78 is 17.4. The fourth-order valence-electron chi connectivity index (χ4n) is 7.36. The number of hydrogen-bond acceptors (Lipinski definition) is 5. The van der Waals surface area contributed by atoms with Gasteiger partial charge in [-0.1, -0.05) is 229 Å². The molecule has 0 N–H and O–H groups in total. The monoisotopic (exact) mass is 865 g/mol. The maximum Gasteiger partial charge on any atom is 0.306 e. The van der Waals surface area contributed by atoms with E-state index in [0.717, 1.165) is 103 Å². The molecule has 5 heteroatoms. The van der Waals surface area contributed by atoms with Crippen LogP contribution in [0.15, 0.2) is 72.9 Å². The van der Waals surface area contributed by atoms with E-state index in [0.29, 0.717) is 19.4 Å². The quantitative estimate of drug-likeness (QED) is 0.0346. The van der Waals surface area contributed by atoms with Crippen molar-refractivity contribution in [1.29, 1.82) is 0 Å². The minimum Gasteiger partial charge on any atom is -0.462 e. The lowest BCUT2D eigenvalue weighted by Crippen LogP contribution is -2.30. The van der Waals surface area contributed by atoms with E-state index in [1.807, 2.05) is 0 Å². The van der Waals surface area contributed by atoms with E-state index in [1.165, 1.54) is 116 Å². The maximum atomic E-state index is 12.8. The number of ether oxygens (including phenoxy) is 3. The minimum atomic E-state index is -0.549. The van der Waals surface area contributed by atoms with Gasteiger partial charge in [0.25, 0.3) is 0 Å². The second-order valence-electron chi connectivity index (χ2n) is 17.4. The Bertz CT molecular complexity index is 1110. The van der Waals surface area contributed by atoms with E-state index in [1.54, 1.807) is 0 Å². The molecule has 0 bridgehead atoms. The highest BCUT2D eigenvalue weighted by Crippen LogP contribution is 2.15. The Morgan fingerprint density at radius 2 is 0.726 bits per heavy atom. The van der Waals surface area contributed by atoms with E-state index in [-0.39, 0.29) is 25.2 Å². The third-order valence-electron chi connectivity index (χ3n) is 11.2. The molecule has 0 aliphatic rings. The summed E-state index contributed by atoms with van der Waals surface area (Å²) in [6.07, 6.45) is 67.6. The van der Waals surface area contributed by atoms with Crippen LogP contribution in [-0.4, -0.2) is 37.9 Å². The molecule has 0 rings (SSSR count). The van der Waals surface area contributed by atoms with Gasteiger partial charge in [0.1, 0.15) is 6.61 Å². The zero-order valence-corrected chi connectivity index (χ0v) is 41.1.